The van der Waals surface area contributed by atoms with Crippen LogP contribution in [0.25, 0.3) is 0 Å². The van der Waals surface area contributed by atoms with Crippen LogP contribution in [0.15, 0.2) is 24.3 Å². The number of rotatable bonds is 3. The molecule has 76 valence electrons. The van der Waals surface area contributed by atoms with Crippen molar-refractivity contribution in [3.05, 3.63) is 33.4 Å². The molecule has 0 heterocycles. The average molecular weight is 310 g/mol. The van der Waals surface area contributed by atoms with Gasteiger partial charge < -0.3 is 0 Å². The number of benzene rings is 1. The van der Waals surface area contributed by atoms with Crippen LogP contribution in [-0.4, -0.2) is 0 Å². The Hall–Kier alpha value is -1.07. The zero-order chi connectivity index (χ0) is 11.3. The van der Waals surface area contributed by atoms with E-state index in [0.717, 1.165) is 9.13 Å². The summed E-state index contributed by atoms with van der Waals surface area (Å²) < 4.78 is 1.11. The van der Waals surface area contributed by atoms with Crippen LogP contribution in [0.1, 0.15) is 25.3 Å². The summed E-state index contributed by atoms with van der Waals surface area (Å²) in [6.07, 6.45) is 0.996. The highest BCUT2D eigenvalue weighted by Crippen LogP contribution is 2.28. The van der Waals surface area contributed by atoms with Crippen molar-refractivity contribution in [1.29, 1.82) is 10.5 Å². The summed E-state index contributed by atoms with van der Waals surface area (Å²) in [6.45, 7) is 1.88. The fourth-order valence-electron chi connectivity index (χ4n) is 1.40. The standard InChI is InChI=1S/C12H11IN2/c1-12(9-15,6-3-7-14)10-4-2-5-11(13)8-10/h2,4-5,8H,3,6H2,1H3. The third-order valence-corrected chi connectivity index (χ3v) is 3.12. The van der Waals surface area contributed by atoms with E-state index in [9.17, 15) is 5.26 Å². The highest BCUT2D eigenvalue weighted by atomic mass is 127. The molecule has 2 nitrogen and oxygen atoms in total. The minimum absolute atomic E-state index is 0.412. The van der Waals surface area contributed by atoms with E-state index in [-0.39, 0.29) is 0 Å². The summed E-state index contributed by atoms with van der Waals surface area (Å²) >= 11 is 2.23. The van der Waals surface area contributed by atoms with Gasteiger partial charge in [0.2, 0.25) is 0 Å². The Labute approximate surface area is 104 Å². The largest absolute Gasteiger partial charge is 0.198 e. The summed E-state index contributed by atoms with van der Waals surface area (Å²) in [5.74, 6) is 0. The zero-order valence-corrected chi connectivity index (χ0v) is 10.7. The smallest absolute Gasteiger partial charge is 0.0804 e. The maximum atomic E-state index is 9.19. The summed E-state index contributed by atoms with van der Waals surface area (Å²) in [4.78, 5) is 0. The van der Waals surface area contributed by atoms with Crippen LogP contribution in [-0.2, 0) is 5.41 Å². The van der Waals surface area contributed by atoms with E-state index in [2.05, 4.69) is 34.7 Å². The Morgan fingerprint density at radius 3 is 2.67 bits per heavy atom. The fourth-order valence-corrected chi connectivity index (χ4v) is 1.95. The van der Waals surface area contributed by atoms with E-state index in [4.69, 9.17) is 5.26 Å². The summed E-state index contributed by atoms with van der Waals surface area (Å²) in [6, 6.07) is 12.3. The van der Waals surface area contributed by atoms with E-state index in [1.54, 1.807) is 0 Å². The van der Waals surface area contributed by atoms with Gasteiger partial charge in [-0.15, -0.1) is 0 Å². The van der Waals surface area contributed by atoms with Crippen LogP contribution < -0.4 is 0 Å². The molecule has 1 aromatic rings. The third-order valence-electron chi connectivity index (χ3n) is 2.45. The molecule has 15 heavy (non-hydrogen) atoms. The molecule has 0 aliphatic carbocycles. The van der Waals surface area contributed by atoms with Gasteiger partial charge in [-0.25, -0.2) is 0 Å². The Kier molecular flexibility index (Phi) is 4.11. The SMILES string of the molecule is CC(C#N)(CCC#N)c1cccc(I)c1. The van der Waals surface area contributed by atoms with Gasteiger partial charge in [-0.2, -0.15) is 10.5 Å². The van der Waals surface area contributed by atoms with Gasteiger partial charge in [-0.3, -0.25) is 0 Å². The van der Waals surface area contributed by atoms with Crippen LogP contribution in [0.4, 0.5) is 0 Å². The number of nitriles is 2. The van der Waals surface area contributed by atoms with Crippen molar-refractivity contribution in [3.63, 3.8) is 0 Å². The van der Waals surface area contributed by atoms with Crippen molar-refractivity contribution in [2.45, 2.75) is 25.2 Å². The molecule has 0 aliphatic rings. The monoisotopic (exact) mass is 310 g/mol. The van der Waals surface area contributed by atoms with Crippen molar-refractivity contribution in [2.75, 3.05) is 0 Å². The lowest BCUT2D eigenvalue weighted by Gasteiger charge is -2.20. The molecule has 0 N–H and O–H groups in total. The first-order chi connectivity index (χ1) is 7.12. The minimum Gasteiger partial charge on any atom is -0.198 e. The highest BCUT2D eigenvalue weighted by Gasteiger charge is 2.25. The summed E-state index contributed by atoms with van der Waals surface area (Å²) in [7, 11) is 0. The van der Waals surface area contributed by atoms with Crippen LogP contribution in [0.3, 0.4) is 0 Å². The maximum absolute atomic E-state index is 9.19. The van der Waals surface area contributed by atoms with Crippen LogP contribution in [0.5, 0.6) is 0 Å². The molecule has 0 radical (unpaired) electrons. The zero-order valence-electron chi connectivity index (χ0n) is 8.50. The molecule has 1 atom stereocenters. The number of halogens is 1. The van der Waals surface area contributed by atoms with Gasteiger partial charge >= 0.3 is 0 Å². The molecule has 0 aromatic heterocycles. The molecule has 1 aromatic carbocycles. The first-order valence-electron chi connectivity index (χ1n) is 4.66. The predicted octanol–water partition coefficient (Wildman–Crippen LogP) is 3.38. The van der Waals surface area contributed by atoms with E-state index < -0.39 is 5.41 Å². The van der Waals surface area contributed by atoms with Crippen LogP contribution >= 0.6 is 22.6 Å². The van der Waals surface area contributed by atoms with Crippen LogP contribution in [0.2, 0.25) is 0 Å². The first-order valence-corrected chi connectivity index (χ1v) is 5.74. The molecule has 0 saturated heterocycles. The van der Waals surface area contributed by atoms with Gasteiger partial charge in [0.15, 0.2) is 0 Å². The topological polar surface area (TPSA) is 47.6 Å². The molecule has 0 aliphatic heterocycles. The first kappa shape index (κ1) is 12.0. The molecule has 0 saturated carbocycles. The predicted molar refractivity (Wildman–Crippen MR) is 67.0 cm³/mol. The van der Waals surface area contributed by atoms with Gasteiger partial charge in [-0.1, -0.05) is 12.1 Å². The van der Waals surface area contributed by atoms with E-state index in [1.165, 1.54) is 0 Å². The molecular formula is C12H11IN2. The van der Waals surface area contributed by atoms with Gasteiger partial charge in [-0.05, 0) is 53.6 Å². The Bertz CT molecular complexity index is 428. The highest BCUT2D eigenvalue weighted by molar-refractivity contribution is 14.1. The second-order valence-corrected chi connectivity index (χ2v) is 4.86. The quantitative estimate of drug-likeness (QED) is 0.804. The van der Waals surface area contributed by atoms with Gasteiger partial charge in [0.25, 0.3) is 0 Å². The average Bonchev–Trinajstić information content (AvgIpc) is 2.26. The summed E-state index contributed by atoms with van der Waals surface area (Å²) in [5.41, 5.74) is 0.448. The Morgan fingerprint density at radius 1 is 1.40 bits per heavy atom. The second-order valence-electron chi connectivity index (χ2n) is 3.61. The Balaban J connectivity index is 3.02. The lowest BCUT2D eigenvalue weighted by atomic mass is 9.80. The summed E-state index contributed by atoms with van der Waals surface area (Å²) in [5, 5.41) is 17.8. The van der Waals surface area contributed by atoms with E-state index in [1.807, 2.05) is 31.2 Å². The molecule has 3 heteroatoms. The minimum atomic E-state index is -0.545. The second kappa shape index (κ2) is 5.14. The maximum Gasteiger partial charge on any atom is 0.0804 e. The van der Waals surface area contributed by atoms with Gasteiger partial charge in [0.1, 0.15) is 0 Å². The van der Waals surface area contributed by atoms with Gasteiger partial charge in [0.05, 0.1) is 17.6 Å². The molecule has 0 fully saturated rings. The molecule has 0 bridgehead atoms. The molecule has 1 unspecified atom stereocenters. The molecule has 0 amide bonds. The van der Waals surface area contributed by atoms with Crippen molar-refractivity contribution >= 4 is 22.6 Å². The van der Waals surface area contributed by atoms with Crippen molar-refractivity contribution in [2.24, 2.45) is 0 Å². The number of hydrogen-bond donors (Lipinski definition) is 0. The van der Waals surface area contributed by atoms with E-state index in [0.29, 0.717) is 12.8 Å². The lowest BCUT2D eigenvalue weighted by Crippen LogP contribution is -2.19. The van der Waals surface area contributed by atoms with Crippen molar-refractivity contribution in [1.82, 2.24) is 0 Å². The molecular weight excluding hydrogens is 299 g/mol. The fraction of sp³-hybridized carbons (Fsp3) is 0.333. The van der Waals surface area contributed by atoms with E-state index >= 15 is 0 Å². The Morgan fingerprint density at radius 2 is 2.13 bits per heavy atom. The normalized spacial score (nSPS) is 13.6. The number of nitrogens with zero attached hydrogens (tertiary/aromatic N) is 2. The van der Waals surface area contributed by atoms with Gasteiger partial charge in [0, 0.05) is 9.99 Å². The molecule has 0 spiro atoms. The lowest BCUT2D eigenvalue weighted by molar-refractivity contribution is 0.562. The third kappa shape index (κ3) is 2.94. The van der Waals surface area contributed by atoms with Crippen LogP contribution in [0, 0.1) is 26.2 Å². The number of hydrogen-bond acceptors (Lipinski definition) is 2. The van der Waals surface area contributed by atoms with Crippen molar-refractivity contribution in [3.8, 4) is 12.1 Å². The van der Waals surface area contributed by atoms with Crippen molar-refractivity contribution < 1.29 is 0 Å². The molecule has 1 rings (SSSR count).